The lowest BCUT2D eigenvalue weighted by molar-refractivity contribution is 0.0926. The van der Waals surface area contributed by atoms with Crippen molar-refractivity contribution >= 4 is 17.2 Å². The van der Waals surface area contributed by atoms with Crippen LogP contribution in [0.3, 0.4) is 0 Å². The van der Waals surface area contributed by atoms with E-state index in [1.165, 1.54) is 23.5 Å². The molecule has 0 spiro atoms. The molecule has 1 aliphatic heterocycles. The number of hydrogen-bond acceptors (Lipinski definition) is 3. The molecule has 0 bridgehead atoms. The Morgan fingerprint density at radius 1 is 1.29 bits per heavy atom. The Labute approximate surface area is 146 Å². The Morgan fingerprint density at radius 3 is 2.62 bits per heavy atom. The van der Waals surface area contributed by atoms with Crippen molar-refractivity contribution in [3.8, 4) is 10.4 Å². The quantitative estimate of drug-likeness (QED) is 0.879. The van der Waals surface area contributed by atoms with Crippen molar-refractivity contribution in [3.05, 3.63) is 46.6 Å². The molecule has 2 aromatic rings. The standard InChI is InChI=1S/C19H23FN2OS/c1-13-11-16(24-17(13)14-3-5-15(20)6-4-14)18(23)22-12-19(2)7-9-21-10-8-19/h3-6,11,21H,7-10,12H2,1-2H3,(H,22,23). The van der Waals surface area contributed by atoms with Crippen LogP contribution in [0.2, 0.25) is 0 Å². The minimum absolute atomic E-state index is 0.0174. The van der Waals surface area contributed by atoms with Gasteiger partial charge in [-0.1, -0.05) is 19.1 Å². The minimum Gasteiger partial charge on any atom is -0.351 e. The van der Waals surface area contributed by atoms with Crippen LogP contribution in [0.5, 0.6) is 0 Å². The van der Waals surface area contributed by atoms with Crippen molar-refractivity contribution < 1.29 is 9.18 Å². The summed E-state index contributed by atoms with van der Waals surface area (Å²) in [7, 11) is 0. The zero-order valence-corrected chi connectivity index (χ0v) is 14.9. The molecule has 0 atom stereocenters. The van der Waals surface area contributed by atoms with E-state index in [1.807, 2.05) is 13.0 Å². The van der Waals surface area contributed by atoms with Crippen molar-refractivity contribution in [1.82, 2.24) is 10.6 Å². The van der Waals surface area contributed by atoms with Crippen LogP contribution in [-0.2, 0) is 0 Å². The number of piperidine rings is 1. The number of carbonyl (C=O) groups is 1. The summed E-state index contributed by atoms with van der Waals surface area (Å²) in [5.41, 5.74) is 2.17. The van der Waals surface area contributed by atoms with Crippen LogP contribution in [0.25, 0.3) is 10.4 Å². The summed E-state index contributed by atoms with van der Waals surface area (Å²) < 4.78 is 13.1. The number of carbonyl (C=O) groups excluding carboxylic acids is 1. The molecule has 2 heterocycles. The van der Waals surface area contributed by atoms with Crippen LogP contribution in [0.4, 0.5) is 4.39 Å². The normalized spacial score (nSPS) is 16.8. The number of hydrogen-bond donors (Lipinski definition) is 2. The van der Waals surface area contributed by atoms with Crippen LogP contribution in [0.1, 0.15) is 35.0 Å². The molecule has 3 nitrogen and oxygen atoms in total. The summed E-state index contributed by atoms with van der Waals surface area (Å²) in [6.45, 7) is 6.95. The summed E-state index contributed by atoms with van der Waals surface area (Å²) in [5, 5.41) is 6.45. The molecule has 0 saturated carbocycles. The molecule has 1 aliphatic rings. The molecular formula is C19H23FN2OS. The van der Waals surface area contributed by atoms with Crippen molar-refractivity contribution in [1.29, 1.82) is 0 Å². The van der Waals surface area contributed by atoms with Gasteiger partial charge >= 0.3 is 0 Å². The third-order valence-electron chi connectivity index (χ3n) is 4.73. The first-order valence-corrected chi connectivity index (χ1v) is 9.14. The van der Waals surface area contributed by atoms with Gasteiger partial charge < -0.3 is 10.6 Å². The molecule has 1 saturated heterocycles. The first-order chi connectivity index (χ1) is 11.5. The lowest BCUT2D eigenvalue weighted by Crippen LogP contribution is -2.42. The molecule has 0 aliphatic carbocycles. The van der Waals surface area contributed by atoms with E-state index in [1.54, 1.807) is 12.1 Å². The Balaban J connectivity index is 1.69. The van der Waals surface area contributed by atoms with E-state index in [4.69, 9.17) is 0 Å². The fourth-order valence-electron chi connectivity index (χ4n) is 3.07. The number of aryl methyl sites for hydroxylation is 1. The van der Waals surface area contributed by atoms with Gasteiger partial charge in [0.1, 0.15) is 5.82 Å². The molecule has 128 valence electrons. The highest BCUT2D eigenvalue weighted by molar-refractivity contribution is 7.17. The van der Waals surface area contributed by atoms with Crippen molar-refractivity contribution in [3.63, 3.8) is 0 Å². The largest absolute Gasteiger partial charge is 0.351 e. The second-order valence-electron chi connectivity index (χ2n) is 6.87. The maximum Gasteiger partial charge on any atom is 0.261 e. The maximum absolute atomic E-state index is 13.1. The average Bonchev–Trinajstić information content (AvgIpc) is 2.96. The monoisotopic (exact) mass is 346 g/mol. The summed E-state index contributed by atoms with van der Waals surface area (Å²) in [5.74, 6) is -0.266. The third-order valence-corrected chi connectivity index (χ3v) is 6.02. The summed E-state index contributed by atoms with van der Waals surface area (Å²) >= 11 is 1.47. The molecule has 0 radical (unpaired) electrons. The summed E-state index contributed by atoms with van der Waals surface area (Å²) in [6, 6.07) is 8.33. The Hall–Kier alpha value is -1.72. The predicted molar refractivity (Wildman–Crippen MR) is 97.0 cm³/mol. The van der Waals surface area contributed by atoms with Crippen LogP contribution < -0.4 is 10.6 Å². The van der Waals surface area contributed by atoms with Gasteiger partial charge in [-0.15, -0.1) is 11.3 Å². The summed E-state index contributed by atoms with van der Waals surface area (Å²) in [6.07, 6.45) is 2.16. The molecule has 1 amide bonds. The second kappa shape index (κ2) is 7.03. The lowest BCUT2D eigenvalue weighted by Gasteiger charge is -2.34. The second-order valence-corrected chi connectivity index (χ2v) is 7.93. The fraction of sp³-hybridized carbons (Fsp3) is 0.421. The van der Waals surface area contributed by atoms with E-state index in [0.717, 1.165) is 41.9 Å². The molecule has 1 aromatic heterocycles. The first-order valence-electron chi connectivity index (χ1n) is 8.32. The van der Waals surface area contributed by atoms with Crippen molar-refractivity contribution in [2.75, 3.05) is 19.6 Å². The number of thiophene rings is 1. The molecule has 0 unspecified atom stereocenters. The Bertz CT molecular complexity index is 717. The Morgan fingerprint density at radius 2 is 1.96 bits per heavy atom. The van der Waals surface area contributed by atoms with Crippen LogP contribution >= 0.6 is 11.3 Å². The highest BCUT2D eigenvalue weighted by Gasteiger charge is 2.27. The number of benzene rings is 1. The van der Waals surface area contributed by atoms with Gasteiger partial charge in [0.25, 0.3) is 5.91 Å². The van der Waals surface area contributed by atoms with E-state index in [2.05, 4.69) is 17.6 Å². The van der Waals surface area contributed by atoms with Gasteiger partial charge in [-0.3, -0.25) is 4.79 Å². The average molecular weight is 346 g/mol. The van der Waals surface area contributed by atoms with E-state index in [-0.39, 0.29) is 17.1 Å². The SMILES string of the molecule is Cc1cc(C(=O)NCC2(C)CCNCC2)sc1-c1ccc(F)cc1. The molecule has 24 heavy (non-hydrogen) atoms. The van der Waals surface area contributed by atoms with E-state index >= 15 is 0 Å². The number of halogens is 1. The van der Waals surface area contributed by atoms with Crippen LogP contribution in [-0.4, -0.2) is 25.5 Å². The zero-order valence-electron chi connectivity index (χ0n) is 14.1. The van der Waals surface area contributed by atoms with Crippen LogP contribution in [0, 0.1) is 18.2 Å². The molecule has 3 rings (SSSR count). The number of rotatable bonds is 4. The number of amides is 1. The first kappa shape index (κ1) is 17.1. The zero-order chi connectivity index (χ0) is 17.2. The molecule has 1 aromatic carbocycles. The topological polar surface area (TPSA) is 41.1 Å². The smallest absolute Gasteiger partial charge is 0.261 e. The van der Waals surface area contributed by atoms with Crippen molar-refractivity contribution in [2.45, 2.75) is 26.7 Å². The highest BCUT2D eigenvalue weighted by Crippen LogP contribution is 2.33. The van der Waals surface area contributed by atoms with Gasteiger partial charge in [0, 0.05) is 11.4 Å². The Kier molecular flexibility index (Phi) is 5.01. The van der Waals surface area contributed by atoms with E-state index < -0.39 is 0 Å². The third kappa shape index (κ3) is 3.84. The minimum atomic E-state index is -0.249. The van der Waals surface area contributed by atoms with Gasteiger partial charge in [0.15, 0.2) is 0 Å². The van der Waals surface area contributed by atoms with E-state index in [0.29, 0.717) is 11.4 Å². The van der Waals surface area contributed by atoms with Crippen LogP contribution in [0.15, 0.2) is 30.3 Å². The predicted octanol–water partition coefficient (Wildman–Crippen LogP) is 3.98. The highest BCUT2D eigenvalue weighted by atomic mass is 32.1. The van der Waals surface area contributed by atoms with Gasteiger partial charge in [0.2, 0.25) is 0 Å². The van der Waals surface area contributed by atoms with Gasteiger partial charge in [-0.05, 0) is 67.6 Å². The van der Waals surface area contributed by atoms with Crippen molar-refractivity contribution in [2.24, 2.45) is 5.41 Å². The molecule has 2 N–H and O–H groups in total. The maximum atomic E-state index is 13.1. The number of nitrogens with one attached hydrogen (secondary N) is 2. The molecule has 5 heteroatoms. The fourth-order valence-corrected chi connectivity index (χ4v) is 4.16. The van der Waals surface area contributed by atoms with Gasteiger partial charge in [0.05, 0.1) is 4.88 Å². The van der Waals surface area contributed by atoms with E-state index in [9.17, 15) is 9.18 Å². The molecule has 1 fully saturated rings. The lowest BCUT2D eigenvalue weighted by atomic mass is 9.81. The molecular weight excluding hydrogens is 323 g/mol. The van der Waals surface area contributed by atoms with Gasteiger partial charge in [-0.25, -0.2) is 4.39 Å². The van der Waals surface area contributed by atoms with Gasteiger partial charge in [-0.2, -0.15) is 0 Å². The summed E-state index contributed by atoms with van der Waals surface area (Å²) in [4.78, 5) is 14.2.